The molecule has 0 spiro atoms. The molecule has 3 aromatic rings. The average Bonchev–Trinajstić information content (AvgIpc) is 3.05. The van der Waals surface area contributed by atoms with Crippen molar-refractivity contribution in [3.8, 4) is 22.6 Å². The Morgan fingerprint density at radius 2 is 1.89 bits per heavy atom. The second-order valence-electron chi connectivity index (χ2n) is 4.12. The van der Waals surface area contributed by atoms with Gasteiger partial charge >= 0.3 is 0 Å². The van der Waals surface area contributed by atoms with Gasteiger partial charge in [0.1, 0.15) is 15.2 Å². The van der Waals surface area contributed by atoms with E-state index in [1.165, 1.54) is 15.9 Å². The van der Waals surface area contributed by atoms with E-state index in [0.29, 0.717) is 9.52 Å². The molecular weight excluding hydrogens is 240 g/mol. The van der Waals surface area contributed by atoms with Gasteiger partial charge in [-0.3, -0.25) is 0 Å². The first kappa shape index (κ1) is 9.73. The molecule has 1 aliphatic heterocycles. The molecule has 3 heterocycles. The van der Waals surface area contributed by atoms with Crippen molar-refractivity contribution < 1.29 is 0 Å². The van der Waals surface area contributed by atoms with Gasteiger partial charge < -0.3 is 0 Å². The van der Waals surface area contributed by atoms with Crippen LogP contribution in [0.2, 0.25) is 0 Å². The number of pyridine rings is 1. The molecule has 1 aromatic carbocycles. The van der Waals surface area contributed by atoms with Gasteiger partial charge in [-0.2, -0.15) is 15.4 Å². The Labute approximate surface area is 106 Å². The lowest BCUT2D eigenvalue weighted by Crippen LogP contribution is -2.20. The van der Waals surface area contributed by atoms with Crippen molar-refractivity contribution in [2.75, 3.05) is 0 Å². The third-order valence-electron chi connectivity index (χ3n) is 3.02. The Morgan fingerprint density at radius 3 is 2.78 bits per heavy atom. The van der Waals surface area contributed by atoms with Gasteiger partial charge in [-0.1, -0.05) is 30.3 Å². The fourth-order valence-electron chi connectivity index (χ4n) is 2.18. The maximum atomic E-state index is 4.72. The summed E-state index contributed by atoms with van der Waals surface area (Å²) in [4.78, 5) is 4.72. The molecule has 1 N–H and O–H groups in total. The van der Waals surface area contributed by atoms with Gasteiger partial charge in [0, 0.05) is 0 Å². The summed E-state index contributed by atoms with van der Waals surface area (Å²) >= 11 is 0. The lowest BCUT2D eigenvalue weighted by molar-refractivity contribution is 0.941. The second kappa shape index (κ2) is 3.61. The van der Waals surface area contributed by atoms with Crippen LogP contribution in [0, 0.1) is 0 Å². The largest absolute Gasteiger partial charge is 0.246 e. The molecule has 0 saturated heterocycles. The Balaban J connectivity index is 1.91. The van der Waals surface area contributed by atoms with E-state index < -0.39 is 0 Å². The van der Waals surface area contributed by atoms with E-state index in [4.69, 9.17) is 4.98 Å². The van der Waals surface area contributed by atoms with Crippen molar-refractivity contribution in [3.63, 3.8) is 0 Å². The molecular formula is C13H8N4Si. The van der Waals surface area contributed by atoms with E-state index in [-0.39, 0.29) is 0 Å². The number of H-pyrrole nitrogens is 1. The molecule has 0 saturated carbocycles. The first-order valence-corrected chi connectivity index (χ1v) is 6.65. The van der Waals surface area contributed by atoms with Gasteiger partial charge in [0.25, 0.3) is 0 Å². The number of hydrogen-bond acceptors (Lipinski definition) is 3. The van der Waals surface area contributed by atoms with Crippen LogP contribution in [-0.2, 0) is 0 Å². The number of aromatic amines is 1. The number of hydrogen-bond donors (Lipinski definition) is 1. The fourth-order valence-corrected chi connectivity index (χ4v) is 3.46. The molecule has 0 amide bonds. The van der Waals surface area contributed by atoms with Crippen molar-refractivity contribution in [2.24, 2.45) is 0 Å². The van der Waals surface area contributed by atoms with Crippen molar-refractivity contribution in [2.45, 2.75) is 0 Å². The molecule has 0 fully saturated rings. The highest BCUT2D eigenvalue weighted by atomic mass is 28.2. The van der Waals surface area contributed by atoms with Gasteiger partial charge in [0.2, 0.25) is 0 Å². The molecule has 0 bridgehead atoms. The van der Waals surface area contributed by atoms with Crippen LogP contribution < -0.4 is 10.4 Å². The van der Waals surface area contributed by atoms with E-state index in [2.05, 4.69) is 45.7 Å². The monoisotopic (exact) mass is 248 g/mol. The van der Waals surface area contributed by atoms with E-state index >= 15 is 0 Å². The van der Waals surface area contributed by atoms with Crippen LogP contribution in [-0.4, -0.2) is 29.9 Å². The van der Waals surface area contributed by atoms with Crippen LogP contribution in [0.4, 0.5) is 0 Å². The minimum Gasteiger partial charge on any atom is -0.246 e. The number of nitrogens with zero attached hydrogens (tertiary/aromatic N) is 3. The Kier molecular flexibility index (Phi) is 1.95. The number of rotatable bonds is 1. The summed E-state index contributed by atoms with van der Waals surface area (Å²) in [6.45, 7) is 0. The standard InChI is InChI=1S/C13H8N4Si/c1-2-4-11-8(3-1)13-12(18-11)6-5-9(15-13)10-7-14-17-16-10/h1-7H,(H,14,16,17). The number of aromatic nitrogens is 4. The van der Waals surface area contributed by atoms with Gasteiger partial charge in [-0.15, -0.1) is 0 Å². The highest BCUT2D eigenvalue weighted by Gasteiger charge is 2.20. The summed E-state index contributed by atoms with van der Waals surface area (Å²) in [5, 5.41) is 13.2. The third-order valence-corrected chi connectivity index (χ3v) is 4.40. The molecule has 0 atom stereocenters. The zero-order chi connectivity index (χ0) is 11.9. The van der Waals surface area contributed by atoms with E-state index in [0.717, 1.165) is 17.1 Å². The minimum absolute atomic E-state index is 0.706. The van der Waals surface area contributed by atoms with Gasteiger partial charge in [-0.05, 0) is 22.0 Å². The molecule has 18 heavy (non-hydrogen) atoms. The number of nitrogens with one attached hydrogen (secondary N) is 1. The van der Waals surface area contributed by atoms with Crippen LogP contribution in [0.15, 0.2) is 42.6 Å². The Morgan fingerprint density at radius 1 is 0.944 bits per heavy atom. The maximum absolute atomic E-state index is 4.72. The van der Waals surface area contributed by atoms with Gasteiger partial charge in [0.05, 0.1) is 17.6 Å². The predicted molar refractivity (Wildman–Crippen MR) is 70.1 cm³/mol. The van der Waals surface area contributed by atoms with Crippen molar-refractivity contribution in [1.82, 2.24) is 20.4 Å². The molecule has 5 heteroatoms. The highest BCUT2D eigenvalue weighted by molar-refractivity contribution is 6.73. The van der Waals surface area contributed by atoms with Gasteiger partial charge in [0.15, 0.2) is 0 Å². The summed E-state index contributed by atoms with van der Waals surface area (Å²) in [5.74, 6) is 0. The fraction of sp³-hybridized carbons (Fsp3) is 0. The number of fused-ring (bicyclic) bond motifs is 3. The molecule has 2 radical (unpaired) electrons. The third kappa shape index (κ3) is 1.34. The number of benzene rings is 1. The first-order valence-electron chi connectivity index (χ1n) is 5.65. The summed E-state index contributed by atoms with van der Waals surface area (Å²) < 4.78 is 0. The lowest BCUT2D eigenvalue weighted by Gasteiger charge is -2.02. The average molecular weight is 248 g/mol. The summed E-state index contributed by atoms with van der Waals surface area (Å²) in [6.07, 6.45) is 1.69. The molecule has 0 unspecified atom stereocenters. The smallest absolute Gasteiger partial charge is 0.131 e. The van der Waals surface area contributed by atoms with Gasteiger partial charge in [-0.25, -0.2) is 4.98 Å². The van der Waals surface area contributed by atoms with E-state index in [1.54, 1.807) is 6.20 Å². The topological polar surface area (TPSA) is 54.5 Å². The lowest BCUT2D eigenvalue weighted by atomic mass is 10.1. The molecule has 2 aromatic heterocycles. The first-order chi connectivity index (χ1) is 8.92. The maximum Gasteiger partial charge on any atom is 0.131 e. The molecule has 84 valence electrons. The summed E-state index contributed by atoms with van der Waals surface area (Å²) in [5.41, 5.74) is 3.98. The van der Waals surface area contributed by atoms with Crippen LogP contribution in [0.25, 0.3) is 22.6 Å². The predicted octanol–water partition coefficient (Wildman–Crippen LogP) is 0.502. The van der Waals surface area contributed by atoms with Crippen molar-refractivity contribution in [3.05, 3.63) is 42.6 Å². The molecule has 1 aliphatic rings. The minimum atomic E-state index is 0.706. The quantitative estimate of drug-likeness (QED) is 0.499. The van der Waals surface area contributed by atoms with E-state index in [9.17, 15) is 0 Å². The molecule has 4 nitrogen and oxygen atoms in total. The second-order valence-corrected chi connectivity index (χ2v) is 5.45. The summed E-state index contributed by atoms with van der Waals surface area (Å²) in [6, 6.07) is 12.6. The molecule has 4 rings (SSSR count). The van der Waals surface area contributed by atoms with Crippen LogP contribution >= 0.6 is 0 Å². The van der Waals surface area contributed by atoms with Crippen molar-refractivity contribution >= 4 is 19.9 Å². The Bertz CT molecular complexity index is 722. The van der Waals surface area contributed by atoms with Crippen LogP contribution in [0.3, 0.4) is 0 Å². The Hall–Kier alpha value is -2.27. The van der Waals surface area contributed by atoms with Crippen molar-refractivity contribution in [1.29, 1.82) is 0 Å². The van der Waals surface area contributed by atoms with E-state index in [1.807, 2.05) is 6.07 Å². The van der Waals surface area contributed by atoms with Crippen LogP contribution in [0.1, 0.15) is 0 Å². The summed E-state index contributed by atoms with van der Waals surface area (Å²) in [7, 11) is 0.706. The highest BCUT2D eigenvalue weighted by Crippen LogP contribution is 2.21. The zero-order valence-corrected chi connectivity index (χ0v) is 10.4. The normalized spacial score (nSPS) is 12.2. The van der Waals surface area contributed by atoms with Crippen LogP contribution in [0.5, 0.6) is 0 Å². The molecule has 0 aliphatic carbocycles. The SMILES string of the molecule is c1ccc2c(c1)[Si]c1ccc(-c3cn[nH]n3)nc1-2. The zero-order valence-electron chi connectivity index (χ0n) is 9.38.